The smallest absolute Gasteiger partial charge is 0.335 e. The van der Waals surface area contributed by atoms with Gasteiger partial charge in [-0.15, -0.1) is 0 Å². The van der Waals surface area contributed by atoms with E-state index in [1.807, 2.05) is 12.1 Å². The van der Waals surface area contributed by atoms with Crippen LogP contribution in [-0.2, 0) is 6.42 Å². The average Bonchev–Trinajstić information content (AvgIpc) is 2.48. The quantitative estimate of drug-likeness (QED) is 0.699. The maximum atomic E-state index is 10.9. The van der Waals surface area contributed by atoms with E-state index < -0.39 is 5.97 Å². The minimum atomic E-state index is -0.978. The molecule has 4 nitrogen and oxygen atoms in total. The maximum absolute atomic E-state index is 10.9. The number of carboxylic acid groups (broad SMARTS) is 1. The molecule has 4 heteroatoms. The van der Waals surface area contributed by atoms with Crippen LogP contribution in [0.3, 0.4) is 0 Å². The van der Waals surface area contributed by atoms with Crippen LogP contribution in [0.2, 0.25) is 0 Å². The number of nitrogen functional groups attached to an aromatic ring is 1. The van der Waals surface area contributed by atoms with Crippen molar-refractivity contribution in [3.8, 4) is 0 Å². The lowest BCUT2D eigenvalue weighted by molar-refractivity contribution is 0.0697. The van der Waals surface area contributed by atoms with Crippen LogP contribution in [0, 0.1) is 0 Å². The standard InChI is InChI=1S/C17H20N2O2/c1-2-3-4-12-5-8-14(9-6-12)19-16-10-7-13(17(20)21)11-15(16)18/h5-11,19H,2-4,18H2,1H3,(H,20,21). The molecule has 0 bridgehead atoms. The summed E-state index contributed by atoms with van der Waals surface area (Å²) in [5.74, 6) is -0.978. The van der Waals surface area contributed by atoms with Crippen LogP contribution in [0.1, 0.15) is 35.7 Å². The average molecular weight is 284 g/mol. The molecule has 2 aromatic rings. The predicted octanol–water partition coefficient (Wildman–Crippen LogP) is 4.05. The number of nitrogens with one attached hydrogen (secondary N) is 1. The molecule has 2 rings (SSSR count). The molecule has 0 unspecified atom stereocenters. The number of aryl methyl sites for hydroxylation is 1. The second-order valence-electron chi connectivity index (χ2n) is 5.03. The van der Waals surface area contributed by atoms with Gasteiger partial charge in [0.25, 0.3) is 0 Å². The molecule has 21 heavy (non-hydrogen) atoms. The molecule has 0 fully saturated rings. The first-order valence-corrected chi connectivity index (χ1v) is 7.09. The molecule has 0 spiro atoms. The Kier molecular flexibility index (Phi) is 4.82. The highest BCUT2D eigenvalue weighted by atomic mass is 16.4. The Hall–Kier alpha value is -2.49. The normalized spacial score (nSPS) is 10.3. The van der Waals surface area contributed by atoms with Gasteiger partial charge in [0, 0.05) is 5.69 Å². The molecule has 0 heterocycles. The van der Waals surface area contributed by atoms with Crippen molar-refractivity contribution >= 4 is 23.0 Å². The molecule has 0 atom stereocenters. The van der Waals surface area contributed by atoms with Crippen molar-refractivity contribution < 1.29 is 9.90 Å². The fraction of sp³-hybridized carbons (Fsp3) is 0.235. The molecule has 0 saturated heterocycles. The Morgan fingerprint density at radius 3 is 2.48 bits per heavy atom. The Bertz CT molecular complexity index is 621. The third-order valence-electron chi connectivity index (χ3n) is 3.35. The SMILES string of the molecule is CCCCc1ccc(Nc2ccc(C(=O)O)cc2N)cc1. The number of aromatic carboxylic acids is 1. The molecule has 0 radical (unpaired) electrons. The van der Waals surface area contributed by atoms with Crippen molar-refractivity contribution in [2.24, 2.45) is 0 Å². The number of hydrogen-bond acceptors (Lipinski definition) is 3. The fourth-order valence-corrected chi connectivity index (χ4v) is 2.10. The van der Waals surface area contributed by atoms with E-state index in [1.165, 1.54) is 30.5 Å². The van der Waals surface area contributed by atoms with Crippen LogP contribution in [0.5, 0.6) is 0 Å². The Balaban J connectivity index is 2.09. The van der Waals surface area contributed by atoms with E-state index in [2.05, 4.69) is 24.4 Å². The summed E-state index contributed by atoms with van der Waals surface area (Å²) >= 11 is 0. The first-order valence-electron chi connectivity index (χ1n) is 7.09. The van der Waals surface area contributed by atoms with Crippen LogP contribution in [0.4, 0.5) is 17.1 Å². The molecule has 0 aliphatic rings. The summed E-state index contributed by atoms with van der Waals surface area (Å²) in [5.41, 5.74) is 9.45. The van der Waals surface area contributed by atoms with Crippen molar-refractivity contribution in [2.75, 3.05) is 11.1 Å². The number of carbonyl (C=O) groups is 1. The number of anilines is 3. The number of unbranched alkanes of at least 4 members (excludes halogenated alkanes) is 1. The van der Waals surface area contributed by atoms with Gasteiger partial charge < -0.3 is 16.2 Å². The highest BCUT2D eigenvalue weighted by Gasteiger charge is 2.06. The van der Waals surface area contributed by atoms with Crippen molar-refractivity contribution in [3.05, 3.63) is 53.6 Å². The van der Waals surface area contributed by atoms with E-state index in [1.54, 1.807) is 6.07 Å². The zero-order valence-electron chi connectivity index (χ0n) is 12.1. The van der Waals surface area contributed by atoms with Crippen LogP contribution in [-0.4, -0.2) is 11.1 Å². The van der Waals surface area contributed by atoms with E-state index in [9.17, 15) is 4.79 Å². The fourth-order valence-electron chi connectivity index (χ4n) is 2.10. The predicted molar refractivity (Wildman–Crippen MR) is 86.2 cm³/mol. The van der Waals surface area contributed by atoms with Crippen LogP contribution >= 0.6 is 0 Å². The third kappa shape index (κ3) is 3.99. The monoisotopic (exact) mass is 284 g/mol. The second-order valence-corrected chi connectivity index (χ2v) is 5.03. The molecular weight excluding hydrogens is 264 g/mol. The topological polar surface area (TPSA) is 75.3 Å². The Labute approximate surface area is 124 Å². The summed E-state index contributed by atoms with van der Waals surface area (Å²) in [7, 11) is 0. The van der Waals surface area contributed by atoms with Gasteiger partial charge in [0.1, 0.15) is 0 Å². The van der Waals surface area contributed by atoms with Crippen LogP contribution in [0.15, 0.2) is 42.5 Å². The zero-order valence-corrected chi connectivity index (χ0v) is 12.1. The van der Waals surface area contributed by atoms with E-state index in [0.717, 1.165) is 12.1 Å². The lowest BCUT2D eigenvalue weighted by Gasteiger charge is -2.10. The molecular formula is C17H20N2O2. The molecule has 0 aromatic heterocycles. The van der Waals surface area contributed by atoms with Crippen molar-refractivity contribution in [2.45, 2.75) is 26.2 Å². The molecule has 0 amide bonds. The maximum Gasteiger partial charge on any atom is 0.335 e. The van der Waals surface area contributed by atoms with Crippen LogP contribution < -0.4 is 11.1 Å². The lowest BCUT2D eigenvalue weighted by atomic mass is 10.1. The molecule has 0 aliphatic carbocycles. The van der Waals surface area contributed by atoms with Crippen molar-refractivity contribution in [1.82, 2.24) is 0 Å². The number of carboxylic acids is 1. The zero-order chi connectivity index (χ0) is 15.2. The highest BCUT2D eigenvalue weighted by Crippen LogP contribution is 2.24. The first kappa shape index (κ1) is 14.9. The van der Waals surface area contributed by atoms with E-state index in [0.29, 0.717) is 11.4 Å². The van der Waals surface area contributed by atoms with Gasteiger partial charge in [-0.3, -0.25) is 0 Å². The molecule has 0 aliphatic heterocycles. The Morgan fingerprint density at radius 2 is 1.90 bits per heavy atom. The van der Waals surface area contributed by atoms with Gasteiger partial charge in [-0.2, -0.15) is 0 Å². The summed E-state index contributed by atoms with van der Waals surface area (Å²) < 4.78 is 0. The largest absolute Gasteiger partial charge is 0.478 e. The van der Waals surface area contributed by atoms with Gasteiger partial charge in [-0.25, -0.2) is 4.79 Å². The molecule has 0 saturated carbocycles. The summed E-state index contributed by atoms with van der Waals surface area (Å²) in [4.78, 5) is 10.9. The number of rotatable bonds is 6. The molecule has 110 valence electrons. The lowest BCUT2D eigenvalue weighted by Crippen LogP contribution is -2.01. The summed E-state index contributed by atoms with van der Waals surface area (Å²) in [6.45, 7) is 2.18. The summed E-state index contributed by atoms with van der Waals surface area (Å²) in [5, 5.41) is 12.1. The summed E-state index contributed by atoms with van der Waals surface area (Å²) in [6, 6.07) is 12.9. The third-order valence-corrected chi connectivity index (χ3v) is 3.35. The first-order chi connectivity index (χ1) is 10.1. The van der Waals surface area contributed by atoms with Gasteiger partial charge in [0.05, 0.1) is 16.9 Å². The highest BCUT2D eigenvalue weighted by molar-refractivity contribution is 5.90. The number of hydrogen-bond donors (Lipinski definition) is 3. The van der Waals surface area contributed by atoms with Crippen molar-refractivity contribution in [1.29, 1.82) is 0 Å². The summed E-state index contributed by atoms with van der Waals surface area (Å²) in [6.07, 6.45) is 3.47. The van der Waals surface area contributed by atoms with Gasteiger partial charge in [0.2, 0.25) is 0 Å². The van der Waals surface area contributed by atoms with Crippen LogP contribution in [0.25, 0.3) is 0 Å². The van der Waals surface area contributed by atoms with Gasteiger partial charge in [-0.05, 0) is 48.7 Å². The molecule has 2 aromatic carbocycles. The van der Waals surface area contributed by atoms with Gasteiger partial charge in [0.15, 0.2) is 0 Å². The van der Waals surface area contributed by atoms with E-state index >= 15 is 0 Å². The van der Waals surface area contributed by atoms with Gasteiger partial charge >= 0.3 is 5.97 Å². The van der Waals surface area contributed by atoms with E-state index in [-0.39, 0.29) is 5.56 Å². The van der Waals surface area contributed by atoms with Gasteiger partial charge in [-0.1, -0.05) is 25.5 Å². The number of nitrogens with two attached hydrogens (primary N) is 1. The minimum Gasteiger partial charge on any atom is -0.478 e. The Morgan fingerprint density at radius 1 is 1.19 bits per heavy atom. The minimum absolute atomic E-state index is 0.188. The molecule has 4 N–H and O–H groups in total. The van der Waals surface area contributed by atoms with E-state index in [4.69, 9.17) is 10.8 Å². The second kappa shape index (κ2) is 6.79. The number of benzene rings is 2. The van der Waals surface area contributed by atoms with Crippen molar-refractivity contribution in [3.63, 3.8) is 0 Å².